The highest BCUT2D eigenvalue weighted by atomic mass is 15.0. The van der Waals surface area contributed by atoms with Crippen molar-refractivity contribution in [2.75, 3.05) is 0 Å². The van der Waals surface area contributed by atoms with E-state index in [0.29, 0.717) is 45.3 Å². The Morgan fingerprint density at radius 2 is 0.787 bits per heavy atom. The summed E-state index contributed by atoms with van der Waals surface area (Å²) in [6, 6.07) is 81.5. The number of aromatic nitrogens is 5. The van der Waals surface area contributed by atoms with E-state index in [-0.39, 0.29) is 0 Å². The first-order valence-corrected chi connectivity index (χ1v) is 24.6. The van der Waals surface area contributed by atoms with Crippen molar-refractivity contribution >= 4 is 76.8 Å². The molecular formula is C67H38N8. The van der Waals surface area contributed by atoms with Gasteiger partial charge in [-0.15, -0.1) is 0 Å². The van der Waals surface area contributed by atoms with Crippen LogP contribution in [-0.4, -0.2) is 23.7 Å². The lowest BCUT2D eigenvalue weighted by atomic mass is 9.97. The molecule has 8 heteroatoms. The first kappa shape index (κ1) is 43.0. The van der Waals surface area contributed by atoms with Gasteiger partial charge in [0.2, 0.25) is 0 Å². The third-order valence-corrected chi connectivity index (χ3v) is 14.5. The molecule has 0 aliphatic rings. The monoisotopic (exact) mass is 954 g/mol. The van der Waals surface area contributed by atoms with Gasteiger partial charge in [-0.2, -0.15) is 5.26 Å². The van der Waals surface area contributed by atoms with Crippen molar-refractivity contribution in [1.82, 2.24) is 23.7 Å². The summed E-state index contributed by atoms with van der Waals surface area (Å²) in [6.07, 6.45) is 0. The largest absolute Gasteiger partial charge is 0.309 e. The molecule has 75 heavy (non-hydrogen) atoms. The van der Waals surface area contributed by atoms with E-state index in [1.807, 2.05) is 48.5 Å². The van der Waals surface area contributed by atoms with Crippen LogP contribution in [0.4, 0.5) is 11.4 Å². The summed E-state index contributed by atoms with van der Waals surface area (Å²) in [5.41, 5.74) is 16.5. The van der Waals surface area contributed by atoms with Crippen molar-refractivity contribution in [3.63, 3.8) is 0 Å². The number of nitriles is 1. The molecule has 0 saturated carbocycles. The van der Waals surface area contributed by atoms with Crippen LogP contribution in [-0.2, 0) is 0 Å². The fraction of sp³-hybridized carbons (Fsp3) is 0. The molecule has 346 valence electrons. The molecule has 8 nitrogen and oxygen atoms in total. The minimum Gasteiger partial charge on any atom is -0.309 e. The van der Waals surface area contributed by atoms with E-state index in [4.69, 9.17) is 23.1 Å². The zero-order valence-electron chi connectivity index (χ0n) is 40.0. The van der Waals surface area contributed by atoms with Gasteiger partial charge in [-0.1, -0.05) is 133 Å². The van der Waals surface area contributed by atoms with E-state index in [1.54, 1.807) is 24.3 Å². The summed E-state index contributed by atoms with van der Waals surface area (Å²) in [7, 11) is 0. The summed E-state index contributed by atoms with van der Waals surface area (Å²) in [6.45, 7) is 15.2. The fourth-order valence-electron chi connectivity index (χ4n) is 11.1. The molecule has 14 rings (SSSR count). The van der Waals surface area contributed by atoms with E-state index < -0.39 is 0 Å². The number of nitrogens with zero attached hydrogens (tertiary/aromatic N) is 8. The maximum atomic E-state index is 10.7. The average Bonchev–Trinajstić information content (AvgIpc) is 4.12. The Hall–Kier alpha value is -10.9. The summed E-state index contributed by atoms with van der Waals surface area (Å²) < 4.78 is 7.12. The third-order valence-electron chi connectivity index (χ3n) is 14.5. The number of hydrogen-bond acceptors (Lipinski definition) is 3. The Balaban J connectivity index is 0.899. The summed E-state index contributed by atoms with van der Waals surface area (Å²) in [4.78, 5) is 17.2. The van der Waals surface area contributed by atoms with Crippen LogP contribution in [0, 0.1) is 24.5 Å². The summed E-state index contributed by atoms with van der Waals surface area (Å²) in [5, 5.41) is 17.9. The Morgan fingerprint density at radius 3 is 1.31 bits per heavy atom. The Labute approximate surface area is 430 Å². The molecule has 0 saturated heterocycles. The molecule has 0 fully saturated rings. The minimum absolute atomic E-state index is 0.417. The van der Waals surface area contributed by atoms with Crippen LogP contribution in [0.5, 0.6) is 0 Å². The maximum absolute atomic E-state index is 10.7. The van der Waals surface area contributed by atoms with Crippen LogP contribution in [0.3, 0.4) is 0 Å². The molecule has 10 aromatic carbocycles. The molecule has 0 unspecified atom stereocenters. The van der Waals surface area contributed by atoms with Gasteiger partial charge in [0, 0.05) is 60.5 Å². The molecule has 14 aromatic rings. The molecule has 0 spiro atoms. The zero-order valence-corrected chi connectivity index (χ0v) is 40.0. The van der Waals surface area contributed by atoms with E-state index in [1.165, 1.54) is 21.5 Å². The summed E-state index contributed by atoms with van der Waals surface area (Å²) >= 11 is 0. The second kappa shape index (κ2) is 17.2. The molecule has 0 aliphatic carbocycles. The highest BCUT2D eigenvalue weighted by molar-refractivity contribution is 6.14. The lowest BCUT2D eigenvalue weighted by Gasteiger charge is -2.13. The number of benzene rings is 10. The van der Waals surface area contributed by atoms with Gasteiger partial charge >= 0.3 is 0 Å². The summed E-state index contributed by atoms with van der Waals surface area (Å²) in [5.74, 6) is 0.417. The Bertz CT molecular complexity index is 4460. The minimum atomic E-state index is 0.417. The van der Waals surface area contributed by atoms with Gasteiger partial charge in [0.25, 0.3) is 0 Å². The first-order valence-electron chi connectivity index (χ1n) is 24.6. The van der Waals surface area contributed by atoms with Crippen LogP contribution in [0.15, 0.2) is 231 Å². The average molecular weight is 955 g/mol. The predicted molar refractivity (Wildman–Crippen MR) is 304 cm³/mol. The van der Waals surface area contributed by atoms with Crippen LogP contribution < -0.4 is 0 Å². The fourth-order valence-corrected chi connectivity index (χ4v) is 11.1. The Morgan fingerprint density at radius 1 is 0.347 bits per heavy atom. The van der Waals surface area contributed by atoms with Crippen LogP contribution >= 0.6 is 0 Å². The second-order valence-electron chi connectivity index (χ2n) is 18.7. The van der Waals surface area contributed by atoms with Gasteiger partial charge in [0.05, 0.1) is 69.3 Å². The first-order chi connectivity index (χ1) is 37.0. The molecule has 0 aliphatic heterocycles. The van der Waals surface area contributed by atoms with Gasteiger partial charge in [0.1, 0.15) is 0 Å². The molecule has 0 N–H and O–H groups in total. The normalized spacial score (nSPS) is 11.4. The standard InChI is InChI=1S/C67H38N8/c1-69-47-15-11-13-44(36-47)59-40-60(72-67(71-59)45-14-12-16-48(37-45)70-2)52-32-27-43(35-46(52)41-68)42-25-28-49(29-26-42)73-65-33-30-50(74-61-21-7-3-17-53(61)54-18-4-8-22-62(54)74)38-57(65)58-39-51(31-34-66(58)73)75-63-23-9-5-19-55(63)56-20-6-10-24-64(56)75/h3-40H. The SMILES string of the molecule is [C-]#[N+]c1cccc(-c2cc(-c3ccc(-c4ccc(-n5c6ccc(-n7c8ccccc8c8ccccc87)cc6c6cc(-n7c8ccccc8c8ccccc87)ccc65)cc4)cc3C#N)nc(-c3cccc([N+]#[C-])c3)n2)c1. The van der Waals surface area contributed by atoms with Gasteiger partial charge in [-0.05, 0) is 114 Å². The van der Waals surface area contributed by atoms with Crippen molar-refractivity contribution in [3.8, 4) is 68.2 Å². The van der Waals surface area contributed by atoms with Crippen LogP contribution in [0.1, 0.15) is 5.56 Å². The molecule has 0 radical (unpaired) electrons. The van der Waals surface area contributed by atoms with E-state index in [9.17, 15) is 5.26 Å². The molecule has 4 heterocycles. The molecular weight excluding hydrogens is 917 g/mol. The van der Waals surface area contributed by atoms with Gasteiger partial charge in [-0.3, -0.25) is 0 Å². The zero-order chi connectivity index (χ0) is 50.1. The predicted octanol–water partition coefficient (Wildman–Crippen LogP) is 17.4. The molecule has 4 aromatic heterocycles. The lowest BCUT2D eigenvalue weighted by Crippen LogP contribution is -1.97. The second-order valence-corrected chi connectivity index (χ2v) is 18.7. The van der Waals surface area contributed by atoms with Crippen molar-refractivity contribution in [1.29, 1.82) is 5.26 Å². The number of hydrogen-bond donors (Lipinski definition) is 0. The van der Waals surface area contributed by atoms with Gasteiger partial charge in [-0.25, -0.2) is 19.7 Å². The topological polar surface area (TPSA) is 73.1 Å². The lowest BCUT2D eigenvalue weighted by molar-refractivity contribution is 1.16. The number of para-hydroxylation sites is 4. The maximum Gasteiger partial charge on any atom is 0.187 e. The van der Waals surface area contributed by atoms with Crippen molar-refractivity contribution in [3.05, 3.63) is 259 Å². The van der Waals surface area contributed by atoms with E-state index in [0.717, 1.165) is 77.6 Å². The quantitative estimate of drug-likeness (QED) is 0.149. The highest BCUT2D eigenvalue weighted by Gasteiger charge is 2.20. The highest BCUT2D eigenvalue weighted by Crippen LogP contribution is 2.41. The smallest absolute Gasteiger partial charge is 0.187 e. The van der Waals surface area contributed by atoms with E-state index in [2.05, 4.69) is 187 Å². The van der Waals surface area contributed by atoms with Crippen molar-refractivity contribution in [2.24, 2.45) is 0 Å². The van der Waals surface area contributed by atoms with Crippen molar-refractivity contribution < 1.29 is 0 Å². The van der Waals surface area contributed by atoms with Crippen LogP contribution in [0.25, 0.3) is 137 Å². The molecule has 0 atom stereocenters. The van der Waals surface area contributed by atoms with Crippen LogP contribution in [0.2, 0.25) is 0 Å². The molecule has 0 bridgehead atoms. The van der Waals surface area contributed by atoms with E-state index >= 15 is 0 Å². The number of rotatable bonds is 7. The number of fused-ring (bicyclic) bond motifs is 9. The third kappa shape index (κ3) is 6.96. The van der Waals surface area contributed by atoms with Crippen molar-refractivity contribution in [2.45, 2.75) is 0 Å². The van der Waals surface area contributed by atoms with Gasteiger partial charge in [0.15, 0.2) is 17.2 Å². The Kier molecular flexibility index (Phi) is 9.85. The van der Waals surface area contributed by atoms with Gasteiger partial charge < -0.3 is 13.7 Å². The molecule has 0 amide bonds.